The molecule has 5 nitrogen and oxygen atoms in total. The molecule has 2 aliphatic heterocycles. The summed E-state index contributed by atoms with van der Waals surface area (Å²) in [5.41, 5.74) is 0. The molecule has 1 aromatic rings. The van der Waals surface area contributed by atoms with Crippen LogP contribution < -0.4 is 15.0 Å². The van der Waals surface area contributed by atoms with Gasteiger partial charge < -0.3 is 15.0 Å². The maximum absolute atomic E-state index is 5.69. The summed E-state index contributed by atoms with van der Waals surface area (Å²) < 4.78 is 5.69. The van der Waals surface area contributed by atoms with E-state index in [1.54, 1.807) is 6.33 Å². The van der Waals surface area contributed by atoms with Crippen molar-refractivity contribution in [3.8, 4) is 5.88 Å². The van der Waals surface area contributed by atoms with E-state index in [0.717, 1.165) is 43.7 Å². The summed E-state index contributed by atoms with van der Waals surface area (Å²) in [6.07, 6.45) is 2.92. The lowest BCUT2D eigenvalue weighted by atomic mass is 9.93. The van der Waals surface area contributed by atoms with Gasteiger partial charge >= 0.3 is 0 Å². The first kappa shape index (κ1) is 13.6. The van der Waals surface area contributed by atoms with E-state index in [9.17, 15) is 0 Å². The standard InChI is InChI=1S/C15H24N4O/c1-4-13-12-7-16-6-11(12)8-19(13)14-5-15(18-9-17-14)20-10(2)3/h5,9-13,16H,4,6-8H2,1-3H3. The van der Waals surface area contributed by atoms with Crippen molar-refractivity contribution in [1.29, 1.82) is 0 Å². The lowest BCUT2D eigenvalue weighted by molar-refractivity contribution is 0.232. The molecular weight excluding hydrogens is 252 g/mol. The van der Waals surface area contributed by atoms with E-state index in [4.69, 9.17) is 4.74 Å². The molecule has 3 rings (SSSR count). The Labute approximate surface area is 120 Å². The third-order valence-electron chi connectivity index (χ3n) is 4.41. The number of ether oxygens (including phenoxy) is 1. The molecule has 2 aliphatic rings. The first-order valence-corrected chi connectivity index (χ1v) is 7.65. The summed E-state index contributed by atoms with van der Waals surface area (Å²) in [4.78, 5) is 11.1. The van der Waals surface area contributed by atoms with Gasteiger partial charge in [0.15, 0.2) is 0 Å². The Hall–Kier alpha value is -1.36. The van der Waals surface area contributed by atoms with Crippen LogP contribution in [0, 0.1) is 11.8 Å². The van der Waals surface area contributed by atoms with Crippen LogP contribution in [-0.2, 0) is 0 Å². The molecule has 0 saturated carbocycles. The molecule has 110 valence electrons. The molecule has 3 unspecified atom stereocenters. The summed E-state index contributed by atoms with van der Waals surface area (Å²) in [5.74, 6) is 3.20. The Kier molecular flexibility index (Phi) is 3.78. The van der Waals surface area contributed by atoms with Gasteiger partial charge in [-0.3, -0.25) is 0 Å². The molecule has 0 spiro atoms. The highest BCUT2D eigenvalue weighted by Crippen LogP contribution is 2.37. The highest BCUT2D eigenvalue weighted by atomic mass is 16.5. The molecule has 0 radical (unpaired) electrons. The fourth-order valence-electron chi connectivity index (χ4n) is 3.60. The zero-order valence-electron chi connectivity index (χ0n) is 12.5. The van der Waals surface area contributed by atoms with E-state index in [1.165, 1.54) is 0 Å². The molecule has 0 amide bonds. The van der Waals surface area contributed by atoms with Crippen molar-refractivity contribution >= 4 is 5.82 Å². The number of nitrogens with zero attached hydrogens (tertiary/aromatic N) is 3. The second-order valence-corrected chi connectivity index (χ2v) is 6.09. The Morgan fingerprint density at radius 3 is 3.00 bits per heavy atom. The Morgan fingerprint density at radius 2 is 2.25 bits per heavy atom. The number of hydrogen-bond donors (Lipinski definition) is 1. The van der Waals surface area contributed by atoms with Gasteiger partial charge in [-0.2, -0.15) is 0 Å². The summed E-state index contributed by atoms with van der Waals surface area (Å²) in [6, 6.07) is 2.56. The number of anilines is 1. The number of aromatic nitrogens is 2. The van der Waals surface area contributed by atoms with E-state index >= 15 is 0 Å². The maximum atomic E-state index is 5.69. The second-order valence-electron chi connectivity index (χ2n) is 6.09. The number of fused-ring (bicyclic) bond motifs is 1. The zero-order valence-corrected chi connectivity index (χ0v) is 12.5. The largest absolute Gasteiger partial charge is 0.475 e. The molecule has 2 saturated heterocycles. The third kappa shape index (κ3) is 2.46. The third-order valence-corrected chi connectivity index (χ3v) is 4.41. The summed E-state index contributed by atoms with van der Waals surface area (Å²) in [6.45, 7) is 9.67. The van der Waals surface area contributed by atoms with Gasteiger partial charge in [0.2, 0.25) is 5.88 Å². The molecule has 1 N–H and O–H groups in total. The maximum Gasteiger partial charge on any atom is 0.218 e. The van der Waals surface area contributed by atoms with E-state index in [0.29, 0.717) is 11.9 Å². The van der Waals surface area contributed by atoms with Gasteiger partial charge in [0.05, 0.1) is 6.10 Å². The first-order valence-electron chi connectivity index (χ1n) is 7.65. The summed E-state index contributed by atoms with van der Waals surface area (Å²) in [7, 11) is 0. The van der Waals surface area contributed by atoms with E-state index in [1.807, 2.05) is 19.9 Å². The van der Waals surface area contributed by atoms with Crippen molar-refractivity contribution in [2.24, 2.45) is 11.8 Å². The van der Waals surface area contributed by atoms with Gasteiger partial charge in [0, 0.05) is 31.7 Å². The topological polar surface area (TPSA) is 50.3 Å². The molecule has 2 fully saturated rings. The molecule has 5 heteroatoms. The van der Waals surface area contributed by atoms with Crippen LogP contribution >= 0.6 is 0 Å². The Bertz CT molecular complexity index is 465. The number of hydrogen-bond acceptors (Lipinski definition) is 5. The molecule has 1 aromatic heterocycles. The predicted octanol–water partition coefficient (Wildman–Crippen LogP) is 1.70. The van der Waals surface area contributed by atoms with E-state index < -0.39 is 0 Å². The van der Waals surface area contributed by atoms with Crippen LogP contribution in [-0.4, -0.2) is 41.7 Å². The predicted molar refractivity (Wildman–Crippen MR) is 79.1 cm³/mol. The van der Waals surface area contributed by atoms with Crippen molar-refractivity contribution in [2.45, 2.75) is 39.3 Å². The minimum Gasteiger partial charge on any atom is -0.475 e. The fourth-order valence-corrected chi connectivity index (χ4v) is 3.60. The van der Waals surface area contributed by atoms with Crippen LogP contribution in [0.15, 0.2) is 12.4 Å². The molecule has 20 heavy (non-hydrogen) atoms. The highest BCUT2D eigenvalue weighted by molar-refractivity contribution is 5.44. The van der Waals surface area contributed by atoms with Crippen LogP contribution in [0.4, 0.5) is 5.82 Å². The zero-order chi connectivity index (χ0) is 14.1. The smallest absolute Gasteiger partial charge is 0.218 e. The quantitative estimate of drug-likeness (QED) is 0.907. The minimum atomic E-state index is 0.141. The summed E-state index contributed by atoms with van der Waals surface area (Å²) >= 11 is 0. The molecule has 0 aromatic carbocycles. The lowest BCUT2D eigenvalue weighted by Crippen LogP contribution is -2.35. The lowest BCUT2D eigenvalue weighted by Gasteiger charge is -2.28. The van der Waals surface area contributed by atoms with Crippen molar-refractivity contribution in [1.82, 2.24) is 15.3 Å². The van der Waals surface area contributed by atoms with Gasteiger partial charge in [-0.15, -0.1) is 0 Å². The van der Waals surface area contributed by atoms with Gasteiger partial charge in [-0.05, 0) is 32.1 Å². The average molecular weight is 276 g/mol. The normalized spacial score (nSPS) is 29.0. The molecule has 3 heterocycles. The first-order chi connectivity index (χ1) is 9.69. The van der Waals surface area contributed by atoms with Crippen molar-refractivity contribution in [2.75, 3.05) is 24.5 Å². The van der Waals surface area contributed by atoms with Crippen LogP contribution in [0.1, 0.15) is 27.2 Å². The molecule has 0 bridgehead atoms. The Balaban J connectivity index is 1.81. The van der Waals surface area contributed by atoms with Gasteiger partial charge in [-0.25, -0.2) is 9.97 Å². The highest BCUT2D eigenvalue weighted by Gasteiger charge is 2.43. The van der Waals surface area contributed by atoms with Gasteiger partial charge in [0.25, 0.3) is 0 Å². The number of rotatable bonds is 4. The van der Waals surface area contributed by atoms with Crippen LogP contribution in [0.25, 0.3) is 0 Å². The summed E-state index contributed by atoms with van der Waals surface area (Å²) in [5, 5.41) is 3.51. The Morgan fingerprint density at radius 1 is 1.40 bits per heavy atom. The van der Waals surface area contributed by atoms with Crippen LogP contribution in [0.2, 0.25) is 0 Å². The monoisotopic (exact) mass is 276 g/mol. The molecule has 3 atom stereocenters. The fraction of sp³-hybridized carbons (Fsp3) is 0.733. The number of nitrogens with one attached hydrogen (secondary N) is 1. The molecular formula is C15H24N4O. The van der Waals surface area contributed by atoms with Gasteiger partial charge in [0.1, 0.15) is 12.1 Å². The van der Waals surface area contributed by atoms with Crippen LogP contribution in [0.5, 0.6) is 5.88 Å². The van der Waals surface area contributed by atoms with Crippen molar-refractivity contribution < 1.29 is 4.74 Å². The van der Waals surface area contributed by atoms with Crippen LogP contribution in [0.3, 0.4) is 0 Å². The minimum absolute atomic E-state index is 0.141. The van der Waals surface area contributed by atoms with Gasteiger partial charge in [-0.1, -0.05) is 6.92 Å². The van der Waals surface area contributed by atoms with Crippen molar-refractivity contribution in [3.63, 3.8) is 0 Å². The van der Waals surface area contributed by atoms with Crippen molar-refractivity contribution in [3.05, 3.63) is 12.4 Å². The SMILES string of the molecule is CCC1C2CNCC2CN1c1cc(OC(C)C)ncn1. The molecule has 0 aliphatic carbocycles. The van der Waals surface area contributed by atoms with E-state index in [2.05, 4.69) is 27.1 Å². The second kappa shape index (κ2) is 5.56. The average Bonchev–Trinajstić information content (AvgIpc) is 2.97. The van der Waals surface area contributed by atoms with E-state index in [-0.39, 0.29) is 6.10 Å².